The molecule has 3 aromatic rings. The van der Waals surface area contributed by atoms with Gasteiger partial charge in [-0.2, -0.15) is 0 Å². The van der Waals surface area contributed by atoms with Crippen LogP contribution in [0.4, 0.5) is 5.82 Å². The molecule has 0 unspecified atom stereocenters. The molecule has 3 rings (SSSR count). The van der Waals surface area contributed by atoms with Crippen LogP contribution in [0.25, 0.3) is 10.8 Å². The van der Waals surface area contributed by atoms with Crippen LogP contribution in [0.15, 0.2) is 59.6 Å². The summed E-state index contributed by atoms with van der Waals surface area (Å²) in [5, 5.41) is 1.40. The van der Waals surface area contributed by atoms with Crippen molar-refractivity contribution in [2.45, 2.75) is 25.2 Å². The molecular formula is C19H20N2O3S. The summed E-state index contributed by atoms with van der Waals surface area (Å²) in [5.41, 5.74) is 0.931. The summed E-state index contributed by atoms with van der Waals surface area (Å²) in [4.78, 5) is 4.28. The van der Waals surface area contributed by atoms with Gasteiger partial charge in [0.15, 0.2) is 0 Å². The molecule has 25 heavy (non-hydrogen) atoms. The minimum absolute atomic E-state index is 0.204. The van der Waals surface area contributed by atoms with E-state index in [0.29, 0.717) is 23.6 Å². The normalized spacial score (nSPS) is 11.4. The van der Waals surface area contributed by atoms with Gasteiger partial charge in [-0.15, -0.1) is 0 Å². The van der Waals surface area contributed by atoms with Crippen LogP contribution in [0.3, 0.4) is 0 Å². The predicted octanol–water partition coefficient (Wildman–Crippen LogP) is 4.13. The van der Waals surface area contributed by atoms with Crippen LogP contribution in [0, 0.1) is 6.92 Å². The molecule has 0 radical (unpaired) electrons. The molecule has 6 heteroatoms. The summed E-state index contributed by atoms with van der Waals surface area (Å²) in [5.74, 6) is 0.987. The highest BCUT2D eigenvalue weighted by Crippen LogP contribution is 2.32. The van der Waals surface area contributed by atoms with E-state index in [-0.39, 0.29) is 4.90 Å². The quantitative estimate of drug-likeness (QED) is 0.721. The van der Waals surface area contributed by atoms with Gasteiger partial charge in [0, 0.05) is 17.0 Å². The van der Waals surface area contributed by atoms with Gasteiger partial charge in [-0.05, 0) is 43.2 Å². The van der Waals surface area contributed by atoms with Crippen LogP contribution < -0.4 is 9.46 Å². The molecule has 0 bridgehead atoms. The molecule has 0 aliphatic heterocycles. The first-order valence-electron chi connectivity index (χ1n) is 8.11. The first kappa shape index (κ1) is 17.2. The summed E-state index contributed by atoms with van der Waals surface area (Å²) in [6.07, 6.45) is 2.46. The molecule has 1 N–H and O–H groups in total. The van der Waals surface area contributed by atoms with Crippen molar-refractivity contribution in [3.63, 3.8) is 0 Å². The fourth-order valence-corrected chi connectivity index (χ4v) is 3.81. The molecule has 0 aliphatic rings. The first-order chi connectivity index (χ1) is 12.0. The zero-order chi connectivity index (χ0) is 17.9. The second-order valence-corrected chi connectivity index (χ2v) is 7.43. The average molecular weight is 356 g/mol. The monoisotopic (exact) mass is 356 g/mol. The standard InChI is InChI=1S/C19H20N2O3S/c1-3-12-24-17-8-9-18(16-7-5-4-6-15(16)17)25(22,23)21-19-13-14(2)10-11-20-19/h4-11,13H,3,12H2,1-2H3,(H,20,21). The van der Waals surface area contributed by atoms with E-state index in [9.17, 15) is 8.42 Å². The van der Waals surface area contributed by atoms with E-state index in [1.54, 1.807) is 30.5 Å². The van der Waals surface area contributed by atoms with E-state index in [1.807, 2.05) is 38.1 Å². The fourth-order valence-electron chi connectivity index (χ4n) is 2.60. The third kappa shape index (κ3) is 3.74. The Hall–Kier alpha value is -2.60. The third-order valence-corrected chi connectivity index (χ3v) is 5.16. The zero-order valence-corrected chi connectivity index (χ0v) is 15.0. The number of aromatic nitrogens is 1. The molecule has 5 nitrogen and oxygen atoms in total. The molecule has 2 aromatic carbocycles. The van der Waals surface area contributed by atoms with Crippen LogP contribution >= 0.6 is 0 Å². The number of anilines is 1. The van der Waals surface area contributed by atoms with Crippen LogP contribution in [0.1, 0.15) is 18.9 Å². The van der Waals surface area contributed by atoms with Gasteiger partial charge in [-0.1, -0.05) is 31.2 Å². The van der Waals surface area contributed by atoms with Gasteiger partial charge in [0.2, 0.25) is 0 Å². The Morgan fingerprint density at radius 2 is 1.84 bits per heavy atom. The number of pyridine rings is 1. The molecule has 0 fully saturated rings. The number of benzene rings is 2. The highest BCUT2D eigenvalue weighted by molar-refractivity contribution is 7.93. The molecule has 0 amide bonds. The number of rotatable bonds is 6. The Labute approximate surface area is 147 Å². The molecule has 1 heterocycles. The molecule has 1 aromatic heterocycles. The van der Waals surface area contributed by atoms with Gasteiger partial charge < -0.3 is 4.74 Å². The van der Waals surface area contributed by atoms with E-state index >= 15 is 0 Å². The maximum Gasteiger partial charge on any atom is 0.263 e. The van der Waals surface area contributed by atoms with Gasteiger partial charge in [0.05, 0.1) is 11.5 Å². The lowest BCUT2D eigenvalue weighted by Gasteiger charge is -2.13. The molecule has 0 spiro atoms. The second kappa shape index (κ2) is 7.11. The predicted molar refractivity (Wildman–Crippen MR) is 99.5 cm³/mol. The Balaban J connectivity index is 2.06. The van der Waals surface area contributed by atoms with Gasteiger partial charge in [-0.25, -0.2) is 13.4 Å². The van der Waals surface area contributed by atoms with E-state index < -0.39 is 10.0 Å². The van der Waals surface area contributed by atoms with Crippen LogP contribution in [-0.2, 0) is 10.0 Å². The molecule has 130 valence electrons. The van der Waals surface area contributed by atoms with Crippen molar-refractivity contribution in [3.05, 3.63) is 60.3 Å². The summed E-state index contributed by atoms with van der Waals surface area (Å²) < 4.78 is 34.0. The summed E-state index contributed by atoms with van der Waals surface area (Å²) >= 11 is 0. The lowest BCUT2D eigenvalue weighted by molar-refractivity contribution is 0.321. The van der Waals surface area contributed by atoms with Crippen molar-refractivity contribution in [1.82, 2.24) is 4.98 Å². The van der Waals surface area contributed by atoms with Crippen molar-refractivity contribution in [1.29, 1.82) is 0 Å². The summed E-state index contributed by atoms with van der Waals surface area (Å²) in [6.45, 7) is 4.50. The topological polar surface area (TPSA) is 68.3 Å². The van der Waals surface area contributed by atoms with Crippen molar-refractivity contribution in [2.24, 2.45) is 0 Å². The largest absolute Gasteiger partial charge is 0.493 e. The van der Waals surface area contributed by atoms with E-state index in [4.69, 9.17) is 4.74 Å². The molecular weight excluding hydrogens is 336 g/mol. The lowest BCUT2D eigenvalue weighted by atomic mass is 10.1. The number of fused-ring (bicyclic) bond motifs is 1. The summed E-state index contributed by atoms with van der Waals surface area (Å²) in [7, 11) is -3.76. The van der Waals surface area contributed by atoms with Crippen LogP contribution in [0.2, 0.25) is 0 Å². The van der Waals surface area contributed by atoms with Gasteiger partial charge in [0.1, 0.15) is 11.6 Å². The fraction of sp³-hybridized carbons (Fsp3) is 0.211. The maximum atomic E-state index is 12.9. The number of ether oxygens (including phenoxy) is 1. The SMILES string of the molecule is CCCOc1ccc(S(=O)(=O)Nc2cc(C)ccn2)c2ccccc12. The van der Waals surface area contributed by atoms with Crippen molar-refractivity contribution in [3.8, 4) is 5.75 Å². The van der Waals surface area contributed by atoms with E-state index in [2.05, 4.69) is 9.71 Å². The van der Waals surface area contributed by atoms with Crippen molar-refractivity contribution < 1.29 is 13.2 Å². The van der Waals surface area contributed by atoms with Gasteiger partial charge in [0.25, 0.3) is 10.0 Å². The number of hydrogen-bond donors (Lipinski definition) is 1. The third-order valence-electron chi connectivity index (χ3n) is 3.75. The highest BCUT2D eigenvalue weighted by Gasteiger charge is 2.19. The Kier molecular flexibility index (Phi) is 4.90. The number of nitrogens with zero attached hydrogens (tertiary/aromatic N) is 1. The number of sulfonamides is 1. The van der Waals surface area contributed by atoms with E-state index in [0.717, 1.165) is 17.4 Å². The van der Waals surface area contributed by atoms with Gasteiger partial charge in [-0.3, -0.25) is 4.72 Å². The smallest absolute Gasteiger partial charge is 0.263 e. The van der Waals surface area contributed by atoms with E-state index in [1.165, 1.54) is 0 Å². The summed E-state index contributed by atoms with van der Waals surface area (Å²) in [6, 6.07) is 14.1. The van der Waals surface area contributed by atoms with Crippen molar-refractivity contribution >= 4 is 26.6 Å². The Morgan fingerprint density at radius 3 is 2.56 bits per heavy atom. The highest BCUT2D eigenvalue weighted by atomic mass is 32.2. The Bertz CT molecular complexity index is 1000. The Morgan fingerprint density at radius 1 is 1.08 bits per heavy atom. The number of aryl methyl sites for hydroxylation is 1. The minimum Gasteiger partial charge on any atom is -0.493 e. The zero-order valence-electron chi connectivity index (χ0n) is 14.2. The number of hydrogen-bond acceptors (Lipinski definition) is 4. The van der Waals surface area contributed by atoms with Crippen molar-refractivity contribution in [2.75, 3.05) is 11.3 Å². The molecule has 0 atom stereocenters. The minimum atomic E-state index is -3.76. The maximum absolute atomic E-state index is 12.9. The molecule has 0 aliphatic carbocycles. The molecule has 0 saturated heterocycles. The van der Waals surface area contributed by atoms with Gasteiger partial charge >= 0.3 is 0 Å². The average Bonchev–Trinajstić information content (AvgIpc) is 2.59. The molecule has 0 saturated carbocycles. The van der Waals surface area contributed by atoms with Crippen LogP contribution in [0.5, 0.6) is 5.75 Å². The first-order valence-corrected chi connectivity index (χ1v) is 9.59. The lowest BCUT2D eigenvalue weighted by Crippen LogP contribution is -2.14. The van der Waals surface area contributed by atoms with Crippen LogP contribution in [-0.4, -0.2) is 20.0 Å². The number of nitrogens with one attached hydrogen (secondary N) is 1. The second-order valence-electron chi connectivity index (χ2n) is 5.78.